The van der Waals surface area contributed by atoms with Crippen LogP contribution in [0.25, 0.3) is 6.08 Å². The highest BCUT2D eigenvalue weighted by Crippen LogP contribution is 2.18. The Morgan fingerprint density at radius 1 is 1.10 bits per heavy atom. The molecule has 1 heterocycles. The van der Waals surface area contributed by atoms with Gasteiger partial charge < -0.3 is 14.5 Å². The molecule has 0 unspecified atom stereocenters. The summed E-state index contributed by atoms with van der Waals surface area (Å²) in [7, 11) is 0. The van der Waals surface area contributed by atoms with Crippen molar-refractivity contribution in [3.63, 3.8) is 0 Å². The smallest absolute Gasteiger partial charge is 0.379 e. The molecule has 0 fully saturated rings. The third-order valence-electron chi connectivity index (χ3n) is 3.83. The average molecular weight is 403 g/mol. The van der Waals surface area contributed by atoms with Crippen molar-refractivity contribution in [2.45, 2.75) is 0 Å². The Labute approximate surface area is 170 Å². The number of nitro groups is 1. The van der Waals surface area contributed by atoms with Crippen LogP contribution >= 0.6 is 0 Å². The number of hydrogen-bond donors (Lipinski definition) is 1. The molecule has 1 N–H and O–H groups in total. The number of furan rings is 1. The summed E-state index contributed by atoms with van der Waals surface area (Å²) < 4.78 is 10.1. The predicted octanol–water partition coefficient (Wildman–Crippen LogP) is 3.95. The first-order chi connectivity index (χ1) is 14.5. The largest absolute Gasteiger partial charge is 0.457 e. The Morgan fingerprint density at radius 3 is 2.37 bits per heavy atom. The van der Waals surface area contributed by atoms with Crippen LogP contribution < -0.4 is 10.1 Å². The summed E-state index contributed by atoms with van der Waals surface area (Å²) >= 11 is 0. The van der Waals surface area contributed by atoms with E-state index < -0.39 is 16.8 Å². The van der Waals surface area contributed by atoms with E-state index in [2.05, 4.69) is 5.32 Å². The van der Waals surface area contributed by atoms with Gasteiger partial charge >= 0.3 is 5.97 Å². The minimum Gasteiger partial charge on any atom is -0.457 e. The molecule has 3 rings (SSSR count). The number of carbonyl (C=O) groups excluding carboxylic acids is 2. The first kappa shape index (κ1) is 20.0. The number of rotatable bonds is 6. The van der Waals surface area contributed by atoms with Gasteiger partial charge in [0.1, 0.15) is 17.4 Å². The summed E-state index contributed by atoms with van der Waals surface area (Å²) in [5.74, 6) is -0.987. The maximum Gasteiger partial charge on any atom is 0.379 e. The molecule has 0 spiro atoms. The summed E-state index contributed by atoms with van der Waals surface area (Å²) in [5.41, 5.74) is 0.556. The summed E-state index contributed by atoms with van der Waals surface area (Å²) in [6.07, 6.45) is 2.72. The Balaban J connectivity index is 1.67. The number of amides is 1. The first-order valence-corrected chi connectivity index (χ1v) is 8.49. The van der Waals surface area contributed by atoms with Gasteiger partial charge in [0.15, 0.2) is 0 Å². The fourth-order valence-corrected chi connectivity index (χ4v) is 2.36. The number of hydrogen-bond acceptors (Lipinski definition) is 7. The van der Waals surface area contributed by atoms with Gasteiger partial charge in [0.2, 0.25) is 5.76 Å². The summed E-state index contributed by atoms with van der Waals surface area (Å²) in [5, 5.41) is 22.5. The van der Waals surface area contributed by atoms with Crippen LogP contribution in [0.1, 0.15) is 16.1 Å². The molecule has 0 atom stereocenters. The molecule has 3 aromatic rings. The van der Waals surface area contributed by atoms with Crippen molar-refractivity contribution in [2.24, 2.45) is 0 Å². The van der Waals surface area contributed by atoms with E-state index in [4.69, 9.17) is 9.15 Å². The zero-order valence-electron chi connectivity index (χ0n) is 15.3. The molecule has 0 saturated heterocycles. The molecule has 148 valence electrons. The van der Waals surface area contributed by atoms with E-state index in [0.29, 0.717) is 11.3 Å². The third kappa shape index (κ3) is 4.96. The Hall–Kier alpha value is -4.71. The number of nitrogens with one attached hydrogen (secondary N) is 1. The Bertz CT molecular complexity index is 1140. The maximum absolute atomic E-state index is 12.3. The van der Waals surface area contributed by atoms with E-state index in [9.17, 15) is 25.0 Å². The average Bonchev–Trinajstić information content (AvgIpc) is 3.28. The van der Waals surface area contributed by atoms with Gasteiger partial charge in [-0.15, -0.1) is 0 Å². The fourth-order valence-electron chi connectivity index (χ4n) is 2.36. The highest BCUT2D eigenvalue weighted by atomic mass is 16.6. The number of esters is 1. The van der Waals surface area contributed by atoms with Crippen LogP contribution in [-0.4, -0.2) is 16.8 Å². The topological polar surface area (TPSA) is 135 Å². The van der Waals surface area contributed by atoms with Gasteiger partial charge in [0.05, 0.1) is 11.2 Å². The zero-order valence-corrected chi connectivity index (χ0v) is 15.3. The minimum absolute atomic E-state index is 0.0636. The van der Waals surface area contributed by atoms with Crippen molar-refractivity contribution < 1.29 is 23.7 Å². The molecular formula is C21H13N3O6. The molecule has 2 aromatic carbocycles. The van der Waals surface area contributed by atoms with E-state index in [-0.39, 0.29) is 22.8 Å². The van der Waals surface area contributed by atoms with Gasteiger partial charge in [-0.05, 0) is 48.0 Å². The van der Waals surface area contributed by atoms with Crippen LogP contribution in [0, 0.1) is 21.4 Å². The predicted molar refractivity (Wildman–Crippen MR) is 105 cm³/mol. The number of carbonyl (C=O) groups is 2. The third-order valence-corrected chi connectivity index (χ3v) is 3.83. The van der Waals surface area contributed by atoms with Crippen LogP contribution in [0.3, 0.4) is 0 Å². The van der Waals surface area contributed by atoms with Gasteiger partial charge in [0, 0.05) is 17.8 Å². The van der Waals surface area contributed by atoms with Crippen molar-refractivity contribution in [1.29, 1.82) is 5.26 Å². The number of nitriles is 1. The van der Waals surface area contributed by atoms with Gasteiger partial charge in [0.25, 0.3) is 11.6 Å². The van der Waals surface area contributed by atoms with E-state index in [0.717, 1.165) is 0 Å². The lowest BCUT2D eigenvalue weighted by Crippen LogP contribution is -2.13. The molecule has 1 aromatic heterocycles. The Kier molecular flexibility index (Phi) is 6.00. The molecule has 30 heavy (non-hydrogen) atoms. The number of non-ortho nitro benzene ring substituents is 1. The number of ether oxygens (including phenoxy) is 1. The van der Waals surface area contributed by atoms with E-state index in [1.165, 1.54) is 54.8 Å². The second kappa shape index (κ2) is 8.99. The molecule has 0 radical (unpaired) electrons. The zero-order chi connectivity index (χ0) is 21.5. The molecule has 0 saturated carbocycles. The molecular weight excluding hydrogens is 390 g/mol. The summed E-state index contributed by atoms with van der Waals surface area (Å²) in [6, 6.07) is 16.2. The van der Waals surface area contributed by atoms with Gasteiger partial charge in [-0.3, -0.25) is 14.9 Å². The molecule has 0 aliphatic carbocycles. The molecule has 1 amide bonds. The maximum atomic E-state index is 12.3. The van der Waals surface area contributed by atoms with E-state index >= 15 is 0 Å². The van der Waals surface area contributed by atoms with E-state index in [1.807, 2.05) is 6.07 Å². The van der Waals surface area contributed by atoms with Crippen molar-refractivity contribution in [1.82, 2.24) is 0 Å². The van der Waals surface area contributed by atoms with Crippen molar-refractivity contribution >= 4 is 29.3 Å². The van der Waals surface area contributed by atoms with E-state index in [1.54, 1.807) is 18.2 Å². The minimum atomic E-state index is -0.667. The van der Waals surface area contributed by atoms with Gasteiger partial charge in [-0.1, -0.05) is 12.1 Å². The first-order valence-electron chi connectivity index (χ1n) is 8.49. The lowest BCUT2D eigenvalue weighted by atomic mass is 10.1. The molecule has 0 aliphatic heterocycles. The standard InChI is InChI=1S/C21H13N3O6/c22-13-15(20(25)23-16-5-7-17(8-6-16)24(27)28)12-14-3-9-18(10-4-14)30-21(26)19-2-1-11-29-19/h1-12H,(H,23,25)/b15-12+. The lowest BCUT2D eigenvalue weighted by Gasteiger charge is -2.05. The van der Waals surface area contributed by atoms with Crippen LogP contribution in [0.2, 0.25) is 0 Å². The molecule has 0 bridgehead atoms. The number of nitrogens with zero attached hydrogens (tertiary/aromatic N) is 2. The monoisotopic (exact) mass is 403 g/mol. The normalized spacial score (nSPS) is 10.7. The Morgan fingerprint density at radius 2 is 1.80 bits per heavy atom. The fraction of sp³-hybridized carbons (Fsp3) is 0. The molecule has 9 nitrogen and oxygen atoms in total. The summed E-state index contributed by atoms with van der Waals surface area (Å²) in [6.45, 7) is 0. The highest BCUT2D eigenvalue weighted by molar-refractivity contribution is 6.09. The second-order valence-electron chi connectivity index (χ2n) is 5.86. The van der Waals surface area contributed by atoms with Crippen LogP contribution in [0.5, 0.6) is 5.75 Å². The quantitative estimate of drug-likeness (QED) is 0.164. The number of nitro benzene ring substituents is 1. The van der Waals surface area contributed by atoms with Gasteiger partial charge in [-0.25, -0.2) is 4.79 Å². The summed E-state index contributed by atoms with van der Waals surface area (Å²) in [4.78, 5) is 34.3. The SMILES string of the molecule is N#C/C(=C\c1ccc(OC(=O)c2ccco2)cc1)C(=O)Nc1ccc([N+](=O)[O-])cc1. The molecule has 9 heteroatoms. The molecule has 0 aliphatic rings. The van der Waals surface area contributed by atoms with Crippen LogP contribution in [0.4, 0.5) is 11.4 Å². The van der Waals surface area contributed by atoms with Crippen LogP contribution in [-0.2, 0) is 4.79 Å². The van der Waals surface area contributed by atoms with Crippen molar-refractivity contribution in [3.8, 4) is 11.8 Å². The van der Waals surface area contributed by atoms with Crippen molar-refractivity contribution in [3.05, 3.63) is 93.9 Å². The van der Waals surface area contributed by atoms with Crippen molar-refractivity contribution in [2.75, 3.05) is 5.32 Å². The number of anilines is 1. The highest BCUT2D eigenvalue weighted by Gasteiger charge is 2.13. The van der Waals surface area contributed by atoms with Crippen LogP contribution in [0.15, 0.2) is 76.9 Å². The lowest BCUT2D eigenvalue weighted by molar-refractivity contribution is -0.384. The van der Waals surface area contributed by atoms with Gasteiger partial charge in [-0.2, -0.15) is 5.26 Å². The second-order valence-corrected chi connectivity index (χ2v) is 5.86. The number of benzene rings is 2.